The molecule has 1 rings (SSSR count). The summed E-state index contributed by atoms with van der Waals surface area (Å²) < 4.78 is 18.3. The summed E-state index contributed by atoms with van der Waals surface area (Å²) in [5, 5.41) is 0. The number of benzene rings is 1. The molecule has 0 N–H and O–H groups in total. The van der Waals surface area contributed by atoms with E-state index in [0.29, 0.717) is 26.1 Å². The Hall–Kier alpha value is -1.22. The van der Waals surface area contributed by atoms with Gasteiger partial charge in [-0.25, -0.2) is 4.39 Å². The average Bonchev–Trinajstić information content (AvgIpc) is 2.25. The maximum absolute atomic E-state index is 13.2. The van der Waals surface area contributed by atoms with Crippen molar-refractivity contribution in [2.75, 3.05) is 13.2 Å². The number of carbonyl (C=O) groups is 1. The molecule has 0 bridgehead atoms. The molecule has 0 aromatic heterocycles. The molecular formula is C12H15FO2. The van der Waals surface area contributed by atoms with Crippen molar-refractivity contribution in [2.24, 2.45) is 0 Å². The van der Waals surface area contributed by atoms with Crippen LogP contribution in [0.1, 0.15) is 30.1 Å². The van der Waals surface area contributed by atoms with Crippen LogP contribution < -0.4 is 0 Å². The van der Waals surface area contributed by atoms with Crippen molar-refractivity contribution < 1.29 is 13.9 Å². The molecule has 15 heavy (non-hydrogen) atoms. The van der Waals surface area contributed by atoms with E-state index in [2.05, 4.69) is 0 Å². The number of hydrogen-bond acceptors (Lipinski definition) is 2. The van der Waals surface area contributed by atoms with Gasteiger partial charge >= 0.3 is 0 Å². The van der Waals surface area contributed by atoms with Gasteiger partial charge in [0.25, 0.3) is 0 Å². The Morgan fingerprint density at radius 3 is 2.80 bits per heavy atom. The zero-order valence-corrected chi connectivity index (χ0v) is 8.83. The molecule has 1 aromatic rings. The summed E-state index contributed by atoms with van der Waals surface area (Å²) in [6, 6.07) is 6.05. The van der Waals surface area contributed by atoms with Crippen molar-refractivity contribution in [1.82, 2.24) is 0 Å². The van der Waals surface area contributed by atoms with Crippen LogP contribution in [0.5, 0.6) is 0 Å². The van der Waals surface area contributed by atoms with Gasteiger partial charge in [0, 0.05) is 19.6 Å². The lowest BCUT2D eigenvalue weighted by Gasteiger charge is -2.02. The predicted molar refractivity (Wildman–Crippen MR) is 56.5 cm³/mol. The first-order valence-corrected chi connectivity index (χ1v) is 5.11. The third-order valence-corrected chi connectivity index (χ3v) is 2.07. The minimum atomic E-state index is -0.445. The molecule has 0 aliphatic rings. The second-order valence-electron chi connectivity index (χ2n) is 3.20. The van der Waals surface area contributed by atoms with Crippen molar-refractivity contribution >= 4 is 5.78 Å². The van der Waals surface area contributed by atoms with Crippen LogP contribution >= 0.6 is 0 Å². The molecule has 1 aromatic carbocycles. The Bertz CT molecular complexity index is 323. The largest absolute Gasteiger partial charge is 0.382 e. The second-order valence-corrected chi connectivity index (χ2v) is 3.20. The lowest BCUT2D eigenvalue weighted by molar-refractivity contribution is 0.0943. The van der Waals surface area contributed by atoms with Crippen LogP contribution in [0.2, 0.25) is 0 Å². The van der Waals surface area contributed by atoms with E-state index in [-0.39, 0.29) is 11.3 Å². The molecule has 0 aliphatic carbocycles. The lowest BCUT2D eigenvalue weighted by atomic mass is 10.1. The van der Waals surface area contributed by atoms with E-state index >= 15 is 0 Å². The standard InChI is InChI=1S/C12H15FO2/c1-2-15-9-5-8-12(14)10-6-3-4-7-11(10)13/h3-4,6-7H,2,5,8-9H2,1H3. The fourth-order valence-electron chi connectivity index (χ4n) is 1.30. The van der Waals surface area contributed by atoms with E-state index in [9.17, 15) is 9.18 Å². The van der Waals surface area contributed by atoms with Crippen molar-refractivity contribution in [3.63, 3.8) is 0 Å². The minimum absolute atomic E-state index is 0.159. The molecule has 82 valence electrons. The van der Waals surface area contributed by atoms with Crippen LogP contribution in [0.25, 0.3) is 0 Å². The molecule has 0 aliphatic heterocycles. The topological polar surface area (TPSA) is 26.3 Å². The summed E-state index contributed by atoms with van der Waals surface area (Å²) in [6.07, 6.45) is 0.974. The van der Waals surface area contributed by atoms with E-state index in [0.717, 1.165) is 0 Å². The van der Waals surface area contributed by atoms with Crippen molar-refractivity contribution in [3.05, 3.63) is 35.6 Å². The molecule has 0 saturated heterocycles. The highest BCUT2D eigenvalue weighted by Crippen LogP contribution is 2.10. The molecule has 0 heterocycles. The van der Waals surface area contributed by atoms with E-state index in [1.807, 2.05) is 6.92 Å². The average molecular weight is 210 g/mol. The number of halogens is 1. The van der Waals surface area contributed by atoms with Gasteiger partial charge in [-0.05, 0) is 25.5 Å². The van der Waals surface area contributed by atoms with Gasteiger partial charge < -0.3 is 4.74 Å². The summed E-state index contributed by atoms with van der Waals surface area (Å²) in [6.45, 7) is 3.10. The molecule has 0 unspecified atom stereocenters. The zero-order chi connectivity index (χ0) is 11.1. The van der Waals surface area contributed by atoms with Gasteiger partial charge in [-0.15, -0.1) is 0 Å². The van der Waals surface area contributed by atoms with Gasteiger partial charge in [-0.1, -0.05) is 12.1 Å². The molecular weight excluding hydrogens is 195 g/mol. The monoisotopic (exact) mass is 210 g/mol. The smallest absolute Gasteiger partial charge is 0.165 e. The van der Waals surface area contributed by atoms with Crippen LogP contribution in [0, 0.1) is 5.82 Å². The second kappa shape index (κ2) is 6.30. The SMILES string of the molecule is CCOCCCC(=O)c1ccccc1F. The van der Waals surface area contributed by atoms with Crippen molar-refractivity contribution in [1.29, 1.82) is 0 Å². The fraction of sp³-hybridized carbons (Fsp3) is 0.417. The maximum atomic E-state index is 13.2. The summed E-state index contributed by atoms with van der Waals surface area (Å²) in [5.74, 6) is -0.605. The molecule has 2 nitrogen and oxygen atoms in total. The number of hydrogen-bond donors (Lipinski definition) is 0. The first-order valence-electron chi connectivity index (χ1n) is 5.11. The van der Waals surface area contributed by atoms with Gasteiger partial charge in [0.05, 0.1) is 5.56 Å². The van der Waals surface area contributed by atoms with E-state index in [1.54, 1.807) is 12.1 Å². The first-order chi connectivity index (χ1) is 7.25. The fourth-order valence-corrected chi connectivity index (χ4v) is 1.30. The lowest BCUT2D eigenvalue weighted by Crippen LogP contribution is -2.04. The predicted octanol–water partition coefficient (Wildman–Crippen LogP) is 2.83. The Labute approximate surface area is 89.1 Å². The van der Waals surface area contributed by atoms with Gasteiger partial charge in [-0.3, -0.25) is 4.79 Å². The molecule has 3 heteroatoms. The van der Waals surface area contributed by atoms with Gasteiger partial charge in [-0.2, -0.15) is 0 Å². The Kier molecular flexibility index (Phi) is 4.98. The third kappa shape index (κ3) is 3.80. The van der Waals surface area contributed by atoms with Crippen LogP contribution in [-0.2, 0) is 4.74 Å². The van der Waals surface area contributed by atoms with Crippen LogP contribution in [-0.4, -0.2) is 19.0 Å². The molecule has 0 radical (unpaired) electrons. The molecule has 0 saturated carbocycles. The van der Waals surface area contributed by atoms with E-state index < -0.39 is 5.82 Å². The first kappa shape index (κ1) is 11.9. The zero-order valence-electron chi connectivity index (χ0n) is 8.83. The van der Waals surface area contributed by atoms with Crippen LogP contribution in [0.15, 0.2) is 24.3 Å². The van der Waals surface area contributed by atoms with Crippen molar-refractivity contribution in [3.8, 4) is 0 Å². The molecule has 0 atom stereocenters. The highest BCUT2D eigenvalue weighted by molar-refractivity contribution is 5.96. The highest BCUT2D eigenvalue weighted by atomic mass is 19.1. The highest BCUT2D eigenvalue weighted by Gasteiger charge is 2.09. The van der Waals surface area contributed by atoms with Gasteiger partial charge in [0.1, 0.15) is 5.82 Å². The number of rotatable bonds is 6. The Balaban J connectivity index is 2.44. The number of Topliss-reactive ketones (excluding diaryl/α,β-unsaturated/α-hetero) is 1. The Morgan fingerprint density at radius 1 is 1.40 bits per heavy atom. The number of carbonyl (C=O) groups excluding carboxylic acids is 1. The van der Waals surface area contributed by atoms with Crippen molar-refractivity contribution in [2.45, 2.75) is 19.8 Å². The van der Waals surface area contributed by atoms with E-state index in [4.69, 9.17) is 4.74 Å². The van der Waals surface area contributed by atoms with Gasteiger partial charge in [0.2, 0.25) is 0 Å². The van der Waals surface area contributed by atoms with Crippen LogP contribution in [0.3, 0.4) is 0 Å². The minimum Gasteiger partial charge on any atom is -0.382 e. The number of ketones is 1. The summed E-state index contributed by atoms with van der Waals surface area (Å²) in [7, 11) is 0. The molecule has 0 spiro atoms. The quantitative estimate of drug-likeness (QED) is 0.533. The van der Waals surface area contributed by atoms with Crippen LogP contribution in [0.4, 0.5) is 4.39 Å². The maximum Gasteiger partial charge on any atom is 0.165 e. The normalized spacial score (nSPS) is 10.3. The summed E-state index contributed by atoms with van der Waals surface area (Å²) in [4.78, 5) is 11.5. The van der Waals surface area contributed by atoms with E-state index in [1.165, 1.54) is 12.1 Å². The number of ether oxygens (including phenoxy) is 1. The summed E-state index contributed by atoms with van der Waals surface area (Å²) in [5.41, 5.74) is 0.175. The summed E-state index contributed by atoms with van der Waals surface area (Å²) >= 11 is 0. The third-order valence-electron chi connectivity index (χ3n) is 2.07. The molecule has 0 fully saturated rings. The molecule has 0 amide bonds. The van der Waals surface area contributed by atoms with Gasteiger partial charge in [0.15, 0.2) is 5.78 Å². The Morgan fingerprint density at radius 2 is 2.13 bits per heavy atom.